The minimum absolute atomic E-state index is 0.0130. The van der Waals surface area contributed by atoms with Crippen LogP contribution in [0.4, 0.5) is 10.8 Å². The van der Waals surface area contributed by atoms with Crippen molar-refractivity contribution in [3.63, 3.8) is 0 Å². The summed E-state index contributed by atoms with van der Waals surface area (Å²) < 4.78 is 10.8. The van der Waals surface area contributed by atoms with Crippen LogP contribution in [0.15, 0.2) is 72.8 Å². The SMILES string of the molecule is COc1ccc(CN(C(=O)c2ccccc2)c2nnc(-c3ccc([N+](=O)[O-])cc3)s2)c(OC)c1. The van der Waals surface area contributed by atoms with Crippen molar-refractivity contribution in [2.45, 2.75) is 6.54 Å². The molecular formula is C24H20N4O5S. The first-order chi connectivity index (χ1) is 16.5. The third-order valence-electron chi connectivity index (χ3n) is 5.06. The third kappa shape index (κ3) is 4.86. The number of nitro groups is 1. The lowest BCUT2D eigenvalue weighted by molar-refractivity contribution is -0.384. The molecule has 0 unspecified atom stereocenters. The highest BCUT2D eigenvalue weighted by molar-refractivity contribution is 7.18. The smallest absolute Gasteiger partial charge is 0.269 e. The zero-order valence-corrected chi connectivity index (χ0v) is 19.2. The van der Waals surface area contributed by atoms with Crippen LogP contribution in [-0.4, -0.2) is 35.2 Å². The van der Waals surface area contributed by atoms with Crippen molar-refractivity contribution in [1.29, 1.82) is 0 Å². The standard InChI is InChI=1S/C24H20N4O5S/c1-32-20-13-10-18(21(14-20)33-2)15-27(23(29)17-6-4-3-5-7-17)24-26-25-22(34-24)16-8-11-19(12-9-16)28(30)31/h3-14H,15H2,1-2H3. The Morgan fingerprint density at radius 2 is 1.74 bits per heavy atom. The number of aromatic nitrogens is 2. The minimum atomic E-state index is -0.461. The average molecular weight is 477 g/mol. The molecule has 1 heterocycles. The van der Waals surface area contributed by atoms with Crippen molar-refractivity contribution >= 4 is 28.1 Å². The van der Waals surface area contributed by atoms with Gasteiger partial charge in [0.05, 0.1) is 25.7 Å². The van der Waals surface area contributed by atoms with E-state index in [1.165, 1.54) is 28.4 Å². The molecule has 0 N–H and O–H groups in total. The van der Waals surface area contributed by atoms with Gasteiger partial charge in [-0.2, -0.15) is 0 Å². The van der Waals surface area contributed by atoms with Crippen molar-refractivity contribution in [3.8, 4) is 22.1 Å². The Morgan fingerprint density at radius 1 is 1.00 bits per heavy atom. The summed E-state index contributed by atoms with van der Waals surface area (Å²) in [5.41, 5.74) is 1.92. The Labute approximate surface area is 199 Å². The predicted molar refractivity (Wildman–Crippen MR) is 129 cm³/mol. The maximum absolute atomic E-state index is 13.5. The van der Waals surface area contributed by atoms with E-state index in [0.29, 0.717) is 32.8 Å². The van der Waals surface area contributed by atoms with Gasteiger partial charge in [-0.3, -0.25) is 19.8 Å². The molecule has 0 aliphatic carbocycles. The number of ether oxygens (including phenoxy) is 2. The zero-order chi connectivity index (χ0) is 24.1. The monoisotopic (exact) mass is 476 g/mol. The second-order valence-electron chi connectivity index (χ2n) is 7.13. The van der Waals surface area contributed by atoms with Gasteiger partial charge < -0.3 is 9.47 Å². The van der Waals surface area contributed by atoms with E-state index >= 15 is 0 Å². The van der Waals surface area contributed by atoms with Crippen LogP contribution in [0.25, 0.3) is 10.6 Å². The third-order valence-corrected chi connectivity index (χ3v) is 6.05. The van der Waals surface area contributed by atoms with Gasteiger partial charge in [-0.25, -0.2) is 0 Å². The highest BCUT2D eigenvalue weighted by Crippen LogP contribution is 2.33. The molecule has 0 aliphatic heterocycles. The van der Waals surface area contributed by atoms with E-state index in [-0.39, 0.29) is 18.1 Å². The van der Waals surface area contributed by atoms with E-state index in [2.05, 4.69) is 10.2 Å². The number of carbonyl (C=O) groups is 1. The molecule has 4 aromatic rings. The molecule has 34 heavy (non-hydrogen) atoms. The van der Waals surface area contributed by atoms with E-state index in [9.17, 15) is 14.9 Å². The van der Waals surface area contributed by atoms with E-state index < -0.39 is 4.92 Å². The second-order valence-corrected chi connectivity index (χ2v) is 8.08. The average Bonchev–Trinajstić information content (AvgIpc) is 3.37. The van der Waals surface area contributed by atoms with Gasteiger partial charge in [0.2, 0.25) is 5.13 Å². The highest BCUT2D eigenvalue weighted by atomic mass is 32.1. The van der Waals surface area contributed by atoms with Crippen LogP contribution in [0, 0.1) is 10.1 Å². The van der Waals surface area contributed by atoms with Gasteiger partial charge in [0.1, 0.15) is 16.5 Å². The van der Waals surface area contributed by atoms with Crippen LogP contribution in [0.1, 0.15) is 15.9 Å². The van der Waals surface area contributed by atoms with Gasteiger partial charge in [-0.1, -0.05) is 29.5 Å². The molecule has 10 heteroatoms. The molecule has 9 nitrogen and oxygen atoms in total. The maximum Gasteiger partial charge on any atom is 0.269 e. The number of non-ortho nitro benzene ring substituents is 1. The molecule has 0 saturated heterocycles. The summed E-state index contributed by atoms with van der Waals surface area (Å²) in [6, 6.07) is 20.3. The van der Waals surface area contributed by atoms with Crippen molar-refractivity contribution in [2.24, 2.45) is 0 Å². The lowest BCUT2D eigenvalue weighted by atomic mass is 10.1. The molecule has 3 aromatic carbocycles. The summed E-state index contributed by atoms with van der Waals surface area (Å²) in [4.78, 5) is 25.5. The van der Waals surface area contributed by atoms with Gasteiger partial charge >= 0.3 is 0 Å². The molecule has 0 saturated carbocycles. The van der Waals surface area contributed by atoms with Gasteiger partial charge in [-0.15, -0.1) is 10.2 Å². The number of anilines is 1. The van der Waals surface area contributed by atoms with Crippen molar-refractivity contribution in [2.75, 3.05) is 19.1 Å². The molecule has 4 rings (SSSR count). The van der Waals surface area contributed by atoms with E-state index in [1.54, 1.807) is 62.8 Å². The molecule has 1 aromatic heterocycles. The zero-order valence-electron chi connectivity index (χ0n) is 18.4. The van der Waals surface area contributed by atoms with Crippen molar-refractivity contribution in [3.05, 3.63) is 94.0 Å². The number of hydrogen-bond donors (Lipinski definition) is 0. The molecule has 0 aliphatic rings. The summed E-state index contributed by atoms with van der Waals surface area (Å²) in [5, 5.41) is 20.3. The van der Waals surface area contributed by atoms with E-state index in [0.717, 1.165) is 5.56 Å². The number of methoxy groups -OCH3 is 2. The lowest BCUT2D eigenvalue weighted by Gasteiger charge is -2.21. The van der Waals surface area contributed by atoms with E-state index in [1.807, 2.05) is 12.1 Å². The fraction of sp³-hybridized carbons (Fsp3) is 0.125. The first-order valence-corrected chi connectivity index (χ1v) is 11.0. The minimum Gasteiger partial charge on any atom is -0.497 e. The van der Waals surface area contributed by atoms with Crippen LogP contribution in [0.3, 0.4) is 0 Å². The molecule has 0 atom stereocenters. The van der Waals surface area contributed by atoms with Crippen LogP contribution in [0.5, 0.6) is 11.5 Å². The predicted octanol–water partition coefficient (Wildman–Crippen LogP) is 4.98. The summed E-state index contributed by atoms with van der Waals surface area (Å²) in [5.74, 6) is 0.966. The van der Waals surface area contributed by atoms with E-state index in [4.69, 9.17) is 9.47 Å². The Hall–Kier alpha value is -4.31. The quantitative estimate of drug-likeness (QED) is 0.261. The largest absolute Gasteiger partial charge is 0.497 e. The Kier molecular flexibility index (Phi) is 6.79. The fourth-order valence-corrected chi connectivity index (χ4v) is 4.13. The number of nitro benzene ring substituents is 1. The van der Waals surface area contributed by atoms with Gasteiger partial charge in [0.15, 0.2) is 0 Å². The first-order valence-electron chi connectivity index (χ1n) is 10.2. The fourth-order valence-electron chi connectivity index (χ4n) is 3.28. The normalized spacial score (nSPS) is 10.5. The number of benzene rings is 3. The Bertz CT molecular complexity index is 1310. The summed E-state index contributed by atoms with van der Waals surface area (Å²) in [6.07, 6.45) is 0. The summed E-state index contributed by atoms with van der Waals surface area (Å²) in [7, 11) is 3.12. The number of carbonyl (C=O) groups excluding carboxylic acids is 1. The summed E-state index contributed by atoms with van der Waals surface area (Å²) in [6.45, 7) is 0.190. The lowest BCUT2D eigenvalue weighted by Crippen LogP contribution is -2.30. The van der Waals surface area contributed by atoms with Crippen LogP contribution in [0.2, 0.25) is 0 Å². The molecule has 0 spiro atoms. The number of amides is 1. The molecule has 0 bridgehead atoms. The topological polar surface area (TPSA) is 108 Å². The molecular weight excluding hydrogens is 456 g/mol. The maximum atomic E-state index is 13.5. The Balaban J connectivity index is 1.71. The molecule has 172 valence electrons. The molecule has 0 radical (unpaired) electrons. The van der Waals surface area contributed by atoms with Crippen LogP contribution < -0.4 is 14.4 Å². The molecule has 0 fully saturated rings. The Morgan fingerprint density at radius 3 is 2.38 bits per heavy atom. The van der Waals surface area contributed by atoms with Crippen molar-refractivity contribution in [1.82, 2.24) is 10.2 Å². The first kappa shape index (κ1) is 22.9. The van der Waals surface area contributed by atoms with Gasteiger partial charge in [-0.05, 0) is 36.4 Å². The number of nitrogens with zero attached hydrogens (tertiary/aromatic N) is 4. The van der Waals surface area contributed by atoms with Gasteiger partial charge in [0, 0.05) is 34.9 Å². The summed E-state index contributed by atoms with van der Waals surface area (Å²) >= 11 is 1.22. The van der Waals surface area contributed by atoms with Crippen molar-refractivity contribution < 1.29 is 19.2 Å². The number of hydrogen-bond acceptors (Lipinski definition) is 8. The highest BCUT2D eigenvalue weighted by Gasteiger charge is 2.24. The van der Waals surface area contributed by atoms with Crippen LogP contribution >= 0.6 is 11.3 Å². The van der Waals surface area contributed by atoms with Crippen LogP contribution in [-0.2, 0) is 6.54 Å². The molecule has 1 amide bonds. The second kappa shape index (κ2) is 10.1. The van der Waals surface area contributed by atoms with Gasteiger partial charge in [0.25, 0.3) is 11.6 Å². The number of rotatable bonds is 8.